The number of morpholine rings is 1. The lowest BCUT2D eigenvalue weighted by Gasteiger charge is -2.36. The minimum absolute atomic E-state index is 0.0786. The number of ether oxygens (including phenoxy) is 1. The maximum Gasteiger partial charge on any atom is 0.0936 e. The van der Waals surface area contributed by atoms with Crippen molar-refractivity contribution in [2.45, 2.75) is 52.5 Å². The van der Waals surface area contributed by atoms with Crippen LogP contribution < -0.4 is 0 Å². The second-order valence-electron chi connectivity index (χ2n) is 5.32. The second kappa shape index (κ2) is 7.02. The Morgan fingerprint density at radius 3 is 2.75 bits per heavy atom. The molecule has 2 heterocycles. The summed E-state index contributed by atoms with van der Waals surface area (Å²) in [4.78, 5) is 2.34. The highest BCUT2D eigenvalue weighted by atomic mass is 79.9. The molecule has 2 unspecified atom stereocenters. The van der Waals surface area contributed by atoms with Gasteiger partial charge in [0.1, 0.15) is 0 Å². The number of halogens is 1. The van der Waals surface area contributed by atoms with Crippen molar-refractivity contribution in [2.75, 3.05) is 19.7 Å². The quantitative estimate of drug-likeness (QED) is 0.884. The highest BCUT2D eigenvalue weighted by Gasteiger charge is 2.26. The van der Waals surface area contributed by atoms with Gasteiger partial charge in [-0.05, 0) is 36.2 Å². The minimum atomic E-state index is -0.0823. The molecule has 2 atom stereocenters. The highest BCUT2D eigenvalue weighted by molar-refractivity contribution is 9.10. The first-order valence-electron chi connectivity index (χ1n) is 7.31. The molecule has 20 heavy (non-hydrogen) atoms. The van der Waals surface area contributed by atoms with E-state index in [0.29, 0.717) is 0 Å². The van der Waals surface area contributed by atoms with E-state index in [1.165, 1.54) is 5.69 Å². The van der Waals surface area contributed by atoms with E-state index < -0.39 is 0 Å². The molecule has 0 aromatic carbocycles. The topological polar surface area (TPSA) is 50.5 Å². The van der Waals surface area contributed by atoms with Crippen LogP contribution in [0.5, 0.6) is 0 Å². The van der Waals surface area contributed by atoms with Gasteiger partial charge in [0.05, 0.1) is 34.7 Å². The standard InChI is InChI=1S/C14H24BrN3O2/c1-4-12-14(15)13(18(5-2)16-12)8-17-6-10(3)20-11(7-17)9-19/h10-11,19H,4-9H2,1-3H3. The van der Waals surface area contributed by atoms with Gasteiger partial charge in [-0.15, -0.1) is 0 Å². The van der Waals surface area contributed by atoms with E-state index in [2.05, 4.69) is 51.4 Å². The summed E-state index contributed by atoms with van der Waals surface area (Å²) in [5, 5.41) is 13.9. The lowest BCUT2D eigenvalue weighted by Crippen LogP contribution is -2.47. The van der Waals surface area contributed by atoms with E-state index in [1.807, 2.05) is 0 Å². The predicted molar refractivity (Wildman–Crippen MR) is 81.7 cm³/mol. The molecule has 0 spiro atoms. The molecule has 1 N–H and O–H groups in total. The van der Waals surface area contributed by atoms with Gasteiger partial charge in [-0.3, -0.25) is 9.58 Å². The summed E-state index contributed by atoms with van der Waals surface area (Å²) >= 11 is 3.69. The van der Waals surface area contributed by atoms with E-state index >= 15 is 0 Å². The molecule has 1 saturated heterocycles. The summed E-state index contributed by atoms with van der Waals surface area (Å²) in [5.41, 5.74) is 2.33. The zero-order chi connectivity index (χ0) is 14.7. The summed E-state index contributed by atoms with van der Waals surface area (Å²) in [6.07, 6.45) is 1.00. The number of aryl methyl sites for hydroxylation is 2. The van der Waals surface area contributed by atoms with Crippen molar-refractivity contribution < 1.29 is 9.84 Å². The Hall–Kier alpha value is -0.430. The molecule has 0 aliphatic carbocycles. The third kappa shape index (κ3) is 3.42. The Morgan fingerprint density at radius 1 is 1.40 bits per heavy atom. The molecular weight excluding hydrogens is 322 g/mol. The molecule has 114 valence electrons. The first-order valence-corrected chi connectivity index (χ1v) is 8.11. The van der Waals surface area contributed by atoms with Crippen molar-refractivity contribution >= 4 is 15.9 Å². The Balaban J connectivity index is 2.14. The minimum Gasteiger partial charge on any atom is -0.394 e. The van der Waals surface area contributed by atoms with Crippen LogP contribution in [0.15, 0.2) is 4.47 Å². The van der Waals surface area contributed by atoms with Crippen molar-refractivity contribution in [3.8, 4) is 0 Å². The third-order valence-corrected chi connectivity index (χ3v) is 4.59. The molecule has 0 bridgehead atoms. The largest absolute Gasteiger partial charge is 0.394 e. The van der Waals surface area contributed by atoms with Gasteiger partial charge in [-0.25, -0.2) is 0 Å². The van der Waals surface area contributed by atoms with Crippen molar-refractivity contribution in [3.05, 3.63) is 15.9 Å². The lowest BCUT2D eigenvalue weighted by molar-refractivity contribution is -0.0977. The average molecular weight is 346 g/mol. The van der Waals surface area contributed by atoms with Gasteiger partial charge in [0, 0.05) is 26.2 Å². The van der Waals surface area contributed by atoms with E-state index in [1.54, 1.807) is 0 Å². The fourth-order valence-corrected chi connectivity index (χ4v) is 3.44. The van der Waals surface area contributed by atoms with Crippen LogP contribution in [-0.4, -0.2) is 51.7 Å². The van der Waals surface area contributed by atoms with Crippen LogP contribution >= 0.6 is 15.9 Å². The number of aromatic nitrogens is 2. The molecule has 1 aromatic rings. The summed E-state index contributed by atoms with van der Waals surface area (Å²) in [6.45, 7) is 9.73. The SMILES string of the molecule is CCc1nn(CC)c(CN2CC(C)OC(CO)C2)c1Br. The summed E-state index contributed by atoms with van der Waals surface area (Å²) in [7, 11) is 0. The van der Waals surface area contributed by atoms with Crippen LogP contribution in [0.4, 0.5) is 0 Å². The monoisotopic (exact) mass is 345 g/mol. The Bertz CT molecular complexity index is 450. The predicted octanol–water partition coefficient (Wildman–Crippen LogP) is 1.81. The summed E-state index contributed by atoms with van der Waals surface area (Å²) in [5.74, 6) is 0. The Kier molecular flexibility index (Phi) is 5.60. The number of rotatable bonds is 5. The van der Waals surface area contributed by atoms with Crippen LogP contribution in [0.25, 0.3) is 0 Å². The summed E-state index contributed by atoms with van der Waals surface area (Å²) < 4.78 is 8.88. The van der Waals surface area contributed by atoms with E-state index in [0.717, 1.165) is 42.8 Å². The molecule has 1 aliphatic heterocycles. The molecular formula is C14H24BrN3O2. The zero-order valence-corrected chi connectivity index (χ0v) is 14.1. The van der Waals surface area contributed by atoms with Crippen LogP contribution in [0.1, 0.15) is 32.2 Å². The van der Waals surface area contributed by atoms with E-state index in [-0.39, 0.29) is 18.8 Å². The van der Waals surface area contributed by atoms with Crippen LogP contribution in [-0.2, 0) is 24.2 Å². The number of aliphatic hydroxyl groups is 1. The molecule has 6 heteroatoms. The van der Waals surface area contributed by atoms with Gasteiger partial charge in [0.25, 0.3) is 0 Å². The van der Waals surface area contributed by atoms with Gasteiger partial charge in [0.15, 0.2) is 0 Å². The van der Waals surface area contributed by atoms with Gasteiger partial charge in [-0.2, -0.15) is 5.10 Å². The first-order chi connectivity index (χ1) is 9.58. The molecule has 0 saturated carbocycles. The molecule has 5 nitrogen and oxygen atoms in total. The number of aliphatic hydroxyl groups excluding tert-OH is 1. The number of hydrogen-bond donors (Lipinski definition) is 1. The van der Waals surface area contributed by atoms with Crippen LogP contribution in [0.2, 0.25) is 0 Å². The Morgan fingerprint density at radius 2 is 2.15 bits per heavy atom. The Labute approximate surface area is 129 Å². The van der Waals surface area contributed by atoms with E-state index in [4.69, 9.17) is 4.74 Å². The smallest absolute Gasteiger partial charge is 0.0936 e. The van der Waals surface area contributed by atoms with Gasteiger partial charge >= 0.3 is 0 Å². The van der Waals surface area contributed by atoms with Crippen molar-refractivity contribution in [2.24, 2.45) is 0 Å². The van der Waals surface area contributed by atoms with Crippen LogP contribution in [0, 0.1) is 0 Å². The third-order valence-electron chi connectivity index (χ3n) is 3.67. The zero-order valence-electron chi connectivity index (χ0n) is 12.5. The maximum atomic E-state index is 9.31. The average Bonchev–Trinajstić information content (AvgIpc) is 2.74. The summed E-state index contributed by atoms with van der Waals surface area (Å²) in [6, 6.07) is 0. The number of hydrogen-bond acceptors (Lipinski definition) is 4. The number of nitrogens with zero attached hydrogens (tertiary/aromatic N) is 3. The highest BCUT2D eigenvalue weighted by Crippen LogP contribution is 2.25. The molecule has 1 aromatic heterocycles. The van der Waals surface area contributed by atoms with Crippen molar-refractivity contribution in [3.63, 3.8) is 0 Å². The van der Waals surface area contributed by atoms with Crippen LogP contribution in [0.3, 0.4) is 0 Å². The second-order valence-corrected chi connectivity index (χ2v) is 6.12. The normalized spacial score (nSPS) is 24.2. The van der Waals surface area contributed by atoms with Crippen molar-refractivity contribution in [1.29, 1.82) is 0 Å². The molecule has 1 fully saturated rings. The molecule has 0 radical (unpaired) electrons. The van der Waals surface area contributed by atoms with Gasteiger partial charge in [0.2, 0.25) is 0 Å². The fourth-order valence-electron chi connectivity index (χ4n) is 2.75. The maximum absolute atomic E-state index is 9.31. The fraction of sp³-hybridized carbons (Fsp3) is 0.786. The molecule has 0 amide bonds. The lowest BCUT2D eigenvalue weighted by atomic mass is 10.2. The van der Waals surface area contributed by atoms with Crippen molar-refractivity contribution in [1.82, 2.24) is 14.7 Å². The molecule has 2 rings (SSSR count). The van der Waals surface area contributed by atoms with Gasteiger partial charge in [-0.1, -0.05) is 6.92 Å². The first kappa shape index (κ1) is 15.9. The van der Waals surface area contributed by atoms with E-state index in [9.17, 15) is 5.11 Å². The molecule has 1 aliphatic rings. The van der Waals surface area contributed by atoms with Gasteiger partial charge < -0.3 is 9.84 Å².